The molecule has 0 aliphatic carbocycles. The molecule has 2 aromatic heterocycles. The second-order valence-electron chi connectivity index (χ2n) is 5.23. The van der Waals surface area contributed by atoms with Crippen LogP contribution in [-0.2, 0) is 6.54 Å². The number of aryl methyl sites for hydroxylation is 1. The Balaban J connectivity index is 2.15. The number of hydrogen-bond acceptors (Lipinski definition) is 2. The molecule has 21 heavy (non-hydrogen) atoms. The molecule has 1 aromatic carbocycles. The maximum absolute atomic E-state index is 14.2. The molecule has 0 amide bonds. The number of H-pyrrole nitrogens is 1. The normalized spacial score (nSPS) is 12.2. The van der Waals surface area contributed by atoms with Crippen molar-refractivity contribution in [3.05, 3.63) is 57.3 Å². The van der Waals surface area contributed by atoms with Crippen LogP contribution in [0.25, 0.3) is 22.2 Å². The third kappa shape index (κ3) is 1.39. The first-order chi connectivity index (χ1) is 10.1. The van der Waals surface area contributed by atoms with Crippen LogP contribution < -0.4 is 5.56 Å². The largest absolute Gasteiger partial charge is 0.356 e. The van der Waals surface area contributed by atoms with Crippen molar-refractivity contribution in [1.29, 1.82) is 5.26 Å². The van der Waals surface area contributed by atoms with E-state index in [-0.39, 0.29) is 16.9 Å². The van der Waals surface area contributed by atoms with Crippen LogP contribution in [-0.4, -0.2) is 9.55 Å². The van der Waals surface area contributed by atoms with Crippen molar-refractivity contribution in [2.24, 2.45) is 0 Å². The molecule has 0 bridgehead atoms. The van der Waals surface area contributed by atoms with E-state index in [0.29, 0.717) is 23.2 Å². The van der Waals surface area contributed by atoms with Crippen LogP contribution in [0.3, 0.4) is 0 Å². The summed E-state index contributed by atoms with van der Waals surface area (Å²) in [6.07, 6.45) is 0. The molecule has 1 aliphatic heterocycles. The highest BCUT2D eigenvalue weighted by atomic mass is 19.1. The summed E-state index contributed by atoms with van der Waals surface area (Å²) in [5, 5.41) is 9.58. The average Bonchev–Trinajstić information content (AvgIpc) is 2.96. The molecule has 1 aliphatic rings. The Morgan fingerprint density at radius 2 is 2.24 bits per heavy atom. The number of fused-ring (bicyclic) bond motifs is 5. The van der Waals surface area contributed by atoms with Gasteiger partial charge in [-0.15, -0.1) is 0 Å². The van der Waals surface area contributed by atoms with Crippen molar-refractivity contribution in [1.82, 2.24) is 9.55 Å². The van der Waals surface area contributed by atoms with Gasteiger partial charge in [0.05, 0.1) is 12.2 Å². The van der Waals surface area contributed by atoms with Crippen molar-refractivity contribution >= 4 is 10.9 Å². The fourth-order valence-corrected chi connectivity index (χ4v) is 3.09. The fourth-order valence-electron chi connectivity index (χ4n) is 3.09. The highest BCUT2D eigenvalue weighted by Gasteiger charge is 2.27. The monoisotopic (exact) mass is 279 g/mol. The lowest BCUT2D eigenvalue weighted by Gasteiger charge is -2.07. The molecule has 0 saturated heterocycles. The third-order valence-electron chi connectivity index (χ3n) is 4.03. The molecule has 0 spiro atoms. The molecule has 4 rings (SSSR count). The second kappa shape index (κ2) is 3.83. The molecule has 3 heterocycles. The van der Waals surface area contributed by atoms with Gasteiger partial charge in [0.15, 0.2) is 0 Å². The molecule has 4 nitrogen and oxygen atoms in total. The SMILES string of the molecule is Cc1cc2n(c(=O)c1C#N)Cc1[nH]c3cccc(F)c3c1-2. The van der Waals surface area contributed by atoms with Crippen LogP contribution in [0, 0.1) is 24.1 Å². The molecule has 0 fully saturated rings. The first kappa shape index (κ1) is 11.9. The number of aromatic amines is 1. The van der Waals surface area contributed by atoms with Crippen molar-refractivity contribution < 1.29 is 4.39 Å². The lowest BCUT2D eigenvalue weighted by atomic mass is 10.1. The minimum atomic E-state index is -0.318. The van der Waals surface area contributed by atoms with E-state index in [1.807, 2.05) is 12.1 Å². The van der Waals surface area contributed by atoms with Gasteiger partial charge in [-0.25, -0.2) is 4.39 Å². The average molecular weight is 279 g/mol. The van der Waals surface area contributed by atoms with E-state index in [1.54, 1.807) is 19.1 Å². The van der Waals surface area contributed by atoms with Gasteiger partial charge in [0, 0.05) is 22.2 Å². The summed E-state index contributed by atoms with van der Waals surface area (Å²) >= 11 is 0. The zero-order valence-electron chi connectivity index (χ0n) is 11.2. The lowest BCUT2D eigenvalue weighted by Crippen LogP contribution is -2.22. The number of rotatable bonds is 0. The van der Waals surface area contributed by atoms with Crippen LogP contribution in [0.15, 0.2) is 29.1 Å². The molecule has 102 valence electrons. The third-order valence-corrected chi connectivity index (χ3v) is 4.03. The molecular formula is C16H10FN3O. The Morgan fingerprint density at radius 3 is 3.00 bits per heavy atom. The van der Waals surface area contributed by atoms with Crippen LogP contribution >= 0.6 is 0 Å². The smallest absolute Gasteiger partial charge is 0.269 e. The molecule has 0 radical (unpaired) electrons. The molecule has 0 atom stereocenters. The van der Waals surface area contributed by atoms with E-state index >= 15 is 0 Å². The van der Waals surface area contributed by atoms with Crippen LogP contribution in [0.1, 0.15) is 16.8 Å². The van der Waals surface area contributed by atoms with Gasteiger partial charge in [-0.2, -0.15) is 5.26 Å². The van der Waals surface area contributed by atoms with E-state index in [1.165, 1.54) is 10.6 Å². The van der Waals surface area contributed by atoms with Crippen molar-refractivity contribution in [3.8, 4) is 17.3 Å². The van der Waals surface area contributed by atoms with Crippen molar-refractivity contribution in [2.75, 3.05) is 0 Å². The number of benzene rings is 1. The van der Waals surface area contributed by atoms with E-state index in [2.05, 4.69) is 4.98 Å². The molecule has 0 unspecified atom stereocenters. The molecule has 3 aromatic rings. The Kier molecular flexibility index (Phi) is 2.17. The predicted octanol–water partition coefficient (Wildman–Crippen LogP) is 2.68. The Labute approximate surface area is 119 Å². The summed E-state index contributed by atoms with van der Waals surface area (Å²) < 4.78 is 15.7. The van der Waals surface area contributed by atoms with Gasteiger partial charge >= 0.3 is 0 Å². The first-order valence-electron chi connectivity index (χ1n) is 6.56. The van der Waals surface area contributed by atoms with Gasteiger partial charge < -0.3 is 9.55 Å². The van der Waals surface area contributed by atoms with E-state index < -0.39 is 0 Å². The van der Waals surface area contributed by atoms with Crippen LogP contribution in [0.4, 0.5) is 4.39 Å². The number of nitrogens with zero attached hydrogens (tertiary/aromatic N) is 2. The highest BCUT2D eigenvalue weighted by molar-refractivity contribution is 5.98. The fraction of sp³-hybridized carbons (Fsp3) is 0.125. The van der Waals surface area contributed by atoms with E-state index in [0.717, 1.165) is 16.8 Å². The van der Waals surface area contributed by atoms with E-state index in [4.69, 9.17) is 5.26 Å². The number of hydrogen-bond donors (Lipinski definition) is 1. The Morgan fingerprint density at radius 1 is 1.43 bits per heavy atom. The zero-order chi connectivity index (χ0) is 14.7. The van der Waals surface area contributed by atoms with Crippen LogP contribution in [0.5, 0.6) is 0 Å². The minimum absolute atomic E-state index is 0.147. The number of nitriles is 1. The van der Waals surface area contributed by atoms with Crippen LogP contribution in [0.2, 0.25) is 0 Å². The molecule has 0 saturated carbocycles. The number of halogens is 1. The molecular weight excluding hydrogens is 269 g/mol. The number of nitrogens with one attached hydrogen (secondary N) is 1. The first-order valence-corrected chi connectivity index (χ1v) is 6.56. The number of pyridine rings is 1. The van der Waals surface area contributed by atoms with Crippen molar-refractivity contribution in [2.45, 2.75) is 13.5 Å². The minimum Gasteiger partial charge on any atom is -0.356 e. The lowest BCUT2D eigenvalue weighted by molar-refractivity contribution is 0.640. The van der Waals surface area contributed by atoms with Gasteiger partial charge in [0.25, 0.3) is 5.56 Å². The number of aromatic nitrogens is 2. The van der Waals surface area contributed by atoms with Gasteiger partial charge in [0.2, 0.25) is 0 Å². The summed E-state index contributed by atoms with van der Waals surface area (Å²) in [6.45, 7) is 2.07. The Hall–Kier alpha value is -2.87. The quantitative estimate of drug-likeness (QED) is 0.538. The van der Waals surface area contributed by atoms with E-state index in [9.17, 15) is 9.18 Å². The highest BCUT2D eigenvalue weighted by Crippen LogP contribution is 2.38. The van der Waals surface area contributed by atoms with Gasteiger partial charge in [-0.05, 0) is 30.7 Å². The zero-order valence-corrected chi connectivity index (χ0v) is 11.2. The predicted molar refractivity (Wildman–Crippen MR) is 76.5 cm³/mol. The van der Waals surface area contributed by atoms with Gasteiger partial charge in [-0.3, -0.25) is 4.79 Å². The standard InChI is InChI=1S/C16H10FN3O/c1-8-5-13-15-12(7-20(13)16(21)9(8)6-18)19-11-4-2-3-10(17)14(11)15/h2-5,19H,7H2,1H3. The summed E-state index contributed by atoms with van der Waals surface area (Å²) in [4.78, 5) is 15.5. The maximum atomic E-state index is 14.2. The topological polar surface area (TPSA) is 61.6 Å². The maximum Gasteiger partial charge on any atom is 0.269 e. The summed E-state index contributed by atoms with van der Waals surface area (Å²) in [5.74, 6) is -0.312. The Bertz CT molecular complexity index is 1020. The molecule has 5 heteroatoms. The summed E-state index contributed by atoms with van der Waals surface area (Å²) in [5.41, 5.74) is 3.38. The summed E-state index contributed by atoms with van der Waals surface area (Å²) in [6, 6.07) is 8.61. The van der Waals surface area contributed by atoms with Gasteiger partial charge in [-0.1, -0.05) is 6.07 Å². The molecule has 1 N–H and O–H groups in total. The summed E-state index contributed by atoms with van der Waals surface area (Å²) in [7, 11) is 0. The second-order valence-corrected chi connectivity index (χ2v) is 5.23. The van der Waals surface area contributed by atoms with Crippen molar-refractivity contribution in [3.63, 3.8) is 0 Å². The van der Waals surface area contributed by atoms with Gasteiger partial charge in [0.1, 0.15) is 17.4 Å².